The van der Waals surface area contributed by atoms with Gasteiger partial charge >= 0.3 is 0 Å². The Morgan fingerprint density at radius 3 is 2.57 bits per heavy atom. The van der Waals surface area contributed by atoms with Gasteiger partial charge in [0.2, 0.25) is 0 Å². The van der Waals surface area contributed by atoms with Gasteiger partial charge in [-0.05, 0) is 6.42 Å². The summed E-state index contributed by atoms with van der Waals surface area (Å²) in [5, 5.41) is 3.35. The molecule has 0 aliphatic rings. The van der Waals surface area contributed by atoms with Crippen molar-refractivity contribution in [2.75, 3.05) is 17.6 Å². The van der Waals surface area contributed by atoms with E-state index >= 15 is 0 Å². The molecule has 0 aliphatic carbocycles. The highest BCUT2D eigenvalue weighted by atomic mass is 15.1. The fourth-order valence-corrected chi connectivity index (χ4v) is 2.54. The summed E-state index contributed by atoms with van der Waals surface area (Å²) in [4.78, 5) is 8.62. The number of nitrogens with zero attached hydrogens (tertiary/aromatic N) is 3. The average Bonchev–Trinajstić information content (AvgIpc) is 2.93. The van der Waals surface area contributed by atoms with Crippen LogP contribution in [-0.4, -0.2) is 20.9 Å². The summed E-state index contributed by atoms with van der Waals surface area (Å²) in [6, 6.07) is 0. The average molecular weight is 289 g/mol. The predicted molar refractivity (Wildman–Crippen MR) is 88.5 cm³/mol. The Bertz CT molecular complexity index is 534. The third-order valence-electron chi connectivity index (χ3n) is 3.72. The van der Waals surface area contributed by atoms with Crippen molar-refractivity contribution in [2.24, 2.45) is 0 Å². The Morgan fingerprint density at radius 1 is 1.10 bits per heavy atom. The normalized spacial score (nSPS) is 11.1. The molecular weight excluding hydrogens is 262 g/mol. The molecule has 0 atom stereocenters. The van der Waals surface area contributed by atoms with Crippen LogP contribution in [0.1, 0.15) is 58.3 Å². The van der Waals surface area contributed by atoms with Crippen LogP contribution in [0.4, 0.5) is 11.6 Å². The molecule has 0 amide bonds. The third-order valence-corrected chi connectivity index (χ3v) is 3.72. The van der Waals surface area contributed by atoms with Crippen molar-refractivity contribution in [3.05, 3.63) is 18.6 Å². The van der Waals surface area contributed by atoms with Gasteiger partial charge in [-0.2, -0.15) is 0 Å². The molecule has 0 saturated heterocycles. The SMILES string of the molecule is CCCCCCCCCCNc1nc(N)cn2ccnc12. The standard InChI is InChI=1S/C16H27N5/c1-2-3-4-5-6-7-8-9-10-18-15-16-19-11-12-21(16)13-14(17)20-15/h11-13H,2-10,17H2,1H3,(H,18,20). The molecule has 5 nitrogen and oxygen atoms in total. The lowest BCUT2D eigenvalue weighted by atomic mass is 10.1. The first-order chi connectivity index (χ1) is 10.3. The monoisotopic (exact) mass is 289 g/mol. The molecular formula is C16H27N5. The first-order valence-electron chi connectivity index (χ1n) is 8.14. The Labute approximate surface area is 127 Å². The van der Waals surface area contributed by atoms with E-state index in [0.717, 1.165) is 24.4 Å². The molecule has 0 fully saturated rings. The van der Waals surface area contributed by atoms with Gasteiger partial charge in [-0.1, -0.05) is 51.9 Å². The van der Waals surface area contributed by atoms with Crippen molar-refractivity contribution in [1.29, 1.82) is 0 Å². The highest BCUT2D eigenvalue weighted by Gasteiger charge is 2.05. The lowest BCUT2D eigenvalue weighted by molar-refractivity contribution is 0.581. The number of hydrogen-bond donors (Lipinski definition) is 2. The van der Waals surface area contributed by atoms with Gasteiger partial charge in [-0.3, -0.25) is 0 Å². The Balaban J connectivity index is 1.65. The minimum atomic E-state index is 0.513. The van der Waals surface area contributed by atoms with Crippen LogP contribution in [0, 0.1) is 0 Å². The van der Waals surface area contributed by atoms with E-state index in [-0.39, 0.29) is 0 Å². The summed E-state index contributed by atoms with van der Waals surface area (Å²) in [5.74, 6) is 1.29. The van der Waals surface area contributed by atoms with Crippen LogP contribution in [0.5, 0.6) is 0 Å². The number of nitrogens with one attached hydrogen (secondary N) is 1. The summed E-state index contributed by atoms with van der Waals surface area (Å²) >= 11 is 0. The van der Waals surface area contributed by atoms with Crippen LogP contribution < -0.4 is 11.1 Å². The molecule has 116 valence electrons. The number of hydrogen-bond acceptors (Lipinski definition) is 4. The van der Waals surface area contributed by atoms with E-state index in [1.807, 2.05) is 10.6 Å². The molecule has 0 aliphatic heterocycles. The summed E-state index contributed by atoms with van der Waals surface area (Å²) in [5.41, 5.74) is 6.63. The highest BCUT2D eigenvalue weighted by Crippen LogP contribution is 2.15. The number of unbranched alkanes of at least 4 members (excludes halogenated alkanes) is 7. The summed E-state index contributed by atoms with van der Waals surface area (Å²) in [6.07, 6.45) is 16.0. The largest absolute Gasteiger partial charge is 0.382 e. The minimum absolute atomic E-state index is 0.513. The molecule has 0 spiro atoms. The van der Waals surface area contributed by atoms with Gasteiger partial charge in [-0.15, -0.1) is 0 Å². The molecule has 0 radical (unpaired) electrons. The van der Waals surface area contributed by atoms with Gasteiger partial charge in [0.25, 0.3) is 0 Å². The zero-order chi connectivity index (χ0) is 14.9. The van der Waals surface area contributed by atoms with E-state index in [2.05, 4.69) is 22.2 Å². The van der Waals surface area contributed by atoms with Crippen molar-refractivity contribution >= 4 is 17.3 Å². The first kappa shape index (κ1) is 15.6. The second kappa shape index (κ2) is 8.49. The molecule has 2 heterocycles. The third kappa shape index (κ3) is 4.92. The predicted octanol–water partition coefficient (Wildman–Crippen LogP) is 3.86. The van der Waals surface area contributed by atoms with E-state index in [0.29, 0.717) is 5.82 Å². The van der Waals surface area contributed by atoms with Crippen LogP contribution in [0.25, 0.3) is 5.65 Å². The molecule has 3 N–H and O–H groups in total. The number of anilines is 2. The number of imidazole rings is 1. The molecule has 0 saturated carbocycles. The highest BCUT2D eigenvalue weighted by molar-refractivity contribution is 5.64. The zero-order valence-corrected chi connectivity index (χ0v) is 13.0. The fourth-order valence-electron chi connectivity index (χ4n) is 2.54. The topological polar surface area (TPSA) is 68.2 Å². The Hall–Kier alpha value is -1.78. The molecule has 0 unspecified atom stereocenters. The molecule has 2 aromatic rings. The molecule has 2 rings (SSSR count). The van der Waals surface area contributed by atoms with E-state index in [1.165, 1.54) is 44.9 Å². The van der Waals surface area contributed by atoms with Crippen molar-refractivity contribution in [2.45, 2.75) is 58.3 Å². The minimum Gasteiger partial charge on any atom is -0.382 e. The molecule has 21 heavy (non-hydrogen) atoms. The molecule has 0 aromatic carbocycles. The molecule has 5 heteroatoms. The second-order valence-electron chi connectivity index (χ2n) is 5.57. The maximum Gasteiger partial charge on any atom is 0.180 e. The van der Waals surface area contributed by atoms with E-state index in [1.54, 1.807) is 12.4 Å². The lowest BCUT2D eigenvalue weighted by Crippen LogP contribution is -2.07. The van der Waals surface area contributed by atoms with Crippen LogP contribution >= 0.6 is 0 Å². The maximum atomic E-state index is 5.79. The van der Waals surface area contributed by atoms with E-state index < -0.39 is 0 Å². The summed E-state index contributed by atoms with van der Waals surface area (Å²) in [7, 11) is 0. The van der Waals surface area contributed by atoms with Gasteiger partial charge in [0.15, 0.2) is 11.5 Å². The molecule has 2 aromatic heterocycles. The number of fused-ring (bicyclic) bond motifs is 1. The van der Waals surface area contributed by atoms with Crippen LogP contribution in [-0.2, 0) is 0 Å². The van der Waals surface area contributed by atoms with Crippen molar-refractivity contribution in [3.63, 3.8) is 0 Å². The van der Waals surface area contributed by atoms with Crippen LogP contribution in [0.2, 0.25) is 0 Å². The number of nitrogen functional groups attached to an aromatic ring is 1. The zero-order valence-electron chi connectivity index (χ0n) is 13.0. The van der Waals surface area contributed by atoms with Crippen LogP contribution in [0.3, 0.4) is 0 Å². The second-order valence-corrected chi connectivity index (χ2v) is 5.57. The van der Waals surface area contributed by atoms with Crippen molar-refractivity contribution in [3.8, 4) is 0 Å². The van der Waals surface area contributed by atoms with Crippen LogP contribution in [0.15, 0.2) is 18.6 Å². The first-order valence-corrected chi connectivity index (χ1v) is 8.14. The fraction of sp³-hybridized carbons (Fsp3) is 0.625. The van der Waals surface area contributed by atoms with Gasteiger partial charge in [-0.25, -0.2) is 9.97 Å². The number of aromatic nitrogens is 3. The van der Waals surface area contributed by atoms with Crippen molar-refractivity contribution in [1.82, 2.24) is 14.4 Å². The Morgan fingerprint density at radius 2 is 1.81 bits per heavy atom. The number of nitrogens with two attached hydrogens (primary N) is 1. The lowest BCUT2D eigenvalue weighted by Gasteiger charge is -2.08. The Kier molecular flexibility index (Phi) is 6.31. The smallest absolute Gasteiger partial charge is 0.180 e. The number of rotatable bonds is 10. The van der Waals surface area contributed by atoms with Gasteiger partial charge < -0.3 is 15.5 Å². The molecule has 0 bridgehead atoms. The van der Waals surface area contributed by atoms with E-state index in [9.17, 15) is 0 Å². The summed E-state index contributed by atoms with van der Waals surface area (Å²) in [6.45, 7) is 3.18. The van der Waals surface area contributed by atoms with E-state index in [4.69, 9.17) is 5.73 Å². The van der Waals surface area contributed by atoms with Crippen molar-refractivity contribution < 1.29 is 0 Å². The van der Waals surface area contributed by atoms with Gasteiger partial charge in [0, 0.05) is 18.9 Å². The summed E-state index contributed by atoms with van der Waals surface area (Å²) < 4.78 is 1.90. The quantitative estimate of drug-likeness (QED) is 0.652. The van der Waals surface area contributed by atoms with Gasteiger partial charge in [0.1, 0.15) is 5.82 Å². The van der Waals surface area contributed by atoms with Gasteiger partial charge in [0.05, 0.1) is 6.20 Å². The maximum absolute atomic E-state index is 5.79.